The van der Waals surface area contributed by atoms with Crippen molar-refractivity contribution >= 4 is 5.91 Å². The maximum absolute atomic E-state index is 12.5. The van der Waals surface area contributed by atoms with Gasteiger partial charge in [0.15, 0.2) is 0 Å². The van der Waals surface area contributed by atoms with Crippen LogP contribution in [0.4, 0.5) is 4.39 Å². The molecule has 0 heterocycles. The second-order valence-corrected chi connectivity index (χ2v) is 2.13. The van der Waals surface area contributed by atoms with Crippen LogP contribution in [0.1, 0.15) is 10.4 Å². The van der Waals surface area contributed by atoms with Gasteiger partial charge in [0.25, 0.3) is 5.91 Å². The van der Waals surface area contributed by atoms with Crippen LogP contribution < -0.4 is 10.5 Å². The van der Waals surface area contributed by atoms with E-state index in [2.05, 4.69) is 6.07 Å². The van der Waals surface area contributed by atoms with Crippen molar-refractivity contribution in [1.82, 2.24) is 0 Å². The van der Waals surface area contributed by atoms with E-state index in [1.807, 2.05) is 0 Å². The largest absolute Gasteiger partial charge is 0.496 e. The van der Waals surface area contributed by atoms with E-state index in [1.165, 1.54) is 13.2 Å². The Bertz CT molecular complexity index is 312. The van der Waals surface area contributed by atoms with Crippen molar-refractivity contribution in [3.8, 4) is 5.75 Å². The molecule has 0 aliphatic carbocycles. The number of benzene rings is 1. The number of hydrogen-bond donors (Lipinski definition) is 1. The summed E-state index contributed by atoms with van der Waals surface area (Å²) in [6.07, 6.45) is 0. The molecule has 4 heteroatoms. The number of primary amides is 1. The van der Waals surface area contributed by atoms with Crippen LogP contribution in [0.15, 0.2) is 12.1 Å². The molecular weight excluding hydrogens is 161 g/mol. The number of halogens is 1. The first-order valence-corrected chi connectivity index (χ1v) is 3.20. The number of nitrogens with two attached hydrogens (primary N) is 1. The number of rotatable bonds is 2. The summed E-state index contributed by atoms with van der Waals surface area (Å²) >= 11 is 0. The van der Waals surface area contributed by atoms with Gasteiger partial charge >= 0.3 is 0 Å². The van der Waals surface area contributed by atoms with E-state index in [-0.39, 0.29) is 11.3 Å². The van der Waals surface area contributed by atoms with Crippen molar-refractivity contribution in [3.63, 3.8) is 0 Å². The van der Waals surface area contributed by atoms with Crippen LogP contribution >= 0.6 is 0 Å². The predicted molar refractivity (Wildman–Crippen MR) is 40.3 cm³/mol. The van der Waals surface area contributed by atoms with Crippen LogP contribution in [0.25, 0.3) is 0 Å². The minimum atomic E-state index is -0.722. The van der Waals surface area contributed by atoms with E-state index in [4.69, 9.17) is 10.5 Å². The van der Waals surface area contributed by atoms with Crippen molar-refractivity contribution < 1.29 is 13.9 Å². The fourth-order valence-corrected chi connectivity index (χ4v) is 0.813. The van der Waals surface area contributed by atoms with E-state index in [9.17, 15) is 9.18 Å². The van der Waals surface area contributed by atoms with Crippen LogP contribution in [0.2, 0.25) is 0 Å². The molecule has 0 fully saturated rings. The quantitative estimate of drug-likeness (QED) is 0.707. The maximum atomic E-state index is 12.5. The number of hydrogen-bond acceptors (Lipinski definition) is 2. The predicted octanol–water partition coefficient (Wildman–Crippen LogP) is 0.733. The van der Waals surface area contributed by atoms with E-state index < -0.39 is 11.7 Å². The SMILES string of the molecule is COc1c[c]c(F)cc1C(N)=O. The number of methoxy groups -OCH3 is 1. The first-order chi connectivity index (χ1) is 5.65. The highest BCUT2D eigenvalue weighted by Gasteiger charge is 2.09. The van der Waals surface area contributed by atoms with Gasteiger partial charge in [-0.25, -0.2) is 4.39 Å². The summed E-state index contributed by atoms with van der Waals surface area (Å²) in [5, 5.41) is 0. The summed E-state index contributed by atoms with van der Waals surface area (Å²) in [6.45, 7) is 0. The molecule has 12 heavy (non-hydrogen) atoms. The lowest BCUT2D eigenvalue weighted by atomic mass is 10.2. The highest BCUT2D eigenvalue weighted by Crippen LogP contribution is 2.17. The molecule has 0 spiro atoms. The number of carbonyl (C=O) groups excluding carboxylic acids is 1. The molecule has 2 N–H and O–H groups in total. The summed E-state index contributed by atoms with van der Waals surface area (Å²) in [4.78, 5) is 10.7. The highest BCUT2D eigenvalue weighted by molar-refractivity contribution is 5.95. The van der Waals surface area contributed by atoms with Crippen LogP contribution in [0.5, 0.6) is 5.75 Å². The fourth-order valence-electron chi connectivity index (χ4n) is 0.813. The Morgan fingerprint density at radius 2 is 2.42 bits per heavy atom. The Morgan fingerprint density at radius 3 is 2.92 bits per heavy atom. The zero-order valence-corrected chi connectivity index (χ0v) is 6.43. The second kappa shape index (κ2) is 3.21. The zero-order valence-electron chi connectivity index (χ0n) is 6.43. The third kappa shape index (κ3) is 1.53. The Kier molecular flexibility index (Phi) is 2.28. The van der Waals surface area contributed by atoms with Crippen molar-refractivity contribution in [3.05, 3.63) is 29.6 Å². The molecule has 0 bridgehead atoms. The van der Waals surface area contributed by atoms with Gasteiger partial charge in [0.1, 0.15) is 11.6 Å². The lowest BCUT2D eigenvalue weighted by molar-refractivity contribution is 0.0997. The molecule has 63 valence electrons. The molecule has 0 saturated heterocycles. The van der Waals surface area contributed by atoms with Gasteiger partial charge < -0.3 is 10.5 Å². The third-order valence-electron chi connectivity index (χ3n) is 1.36. The van der Waals surface area contributed by atoms with Gasteiger partial charge in [-0.2, -0.15) is 0 Å². The molecule has 1 radical (unpaired) electrons. The van der Waals surface area contributed by atoms with Gasteiger partial charge in [-0.1, -0.05) is 0 Å². The standard InChI is InChI=1S/C8H7FNO2/c1-12-7-3-2-5(9)4-6(7)8(10)11/h3-4H,1H3,(H2,10,11). The van der Waals surface area contributed by atoms with Gasteiger partial charge in [0.2, 0.25) is 0 Å². The van der Waals surface area contributed by atoms with E-state index in [1.54, 1.807) is 0 Å². The Hall–Kier alpha value is -1.58. The van der Waals surface area contributed by atoms with E-state index in [0.717, 1.165) is 6.07 Å². The molecule has 1 aromatic carbocycles. The normalized spacial score (nSPS) is 9.50. The minimum Gasteiger partial charge on any atom is -0.496 e. The lowest BCUT2D eigenvalue weighted by Gasteiger charge is -2.03. The number of amides is 1. The molecule has 1 amide bonds. The molecule has 0 aliphatic heterocycles. The molecule has 1 aromatic rings. The summed E-state index contributed by atoms with van der Waals surface area (Å²) < 4.78 is 17.3. The lowest BCUT2D eigenvalue weighted by Crippen LogP contribution is -2.12. The fraction of sp³-hybridized carbons (Fsp3) is 0.125. The monoisotopic (exact) mass is 168 g/mol. The molecule has 0 unspecified atom stereocenters. The van der Waals surface area contributed by atoms with Crippen molar-refractivity contribution in [2.75, 3.05) is 7.11 Å². The second-order valence-electron chi connectivity index (χ2n) is 2.13. The molecule has 0 atom stereocenters. The smallest absolute Gasteiger partial charge is 0.252 e. The Balaban J connectivity index is 3.21. The number of carbonyl (C=O) groups is 1. The zero-order chi connectivity index (χ0) is 9.14. The summed E-state index contributed by atoms with van der Waals surface area (Å²) in [5.41, 5.74) is 4.98. The average Bonchev–Trinajstić information content (AvgIpc) is 2.04. The first-order valence-electron chi connectivity index (χ1n) is 3.20. The molecule has 0 aromatic heterocycles. The molecule has 3 nitrogen and oxygen atoms in total. The van der Waals surface area contributed by atoms with Crippen molar-refractivity contribution in [2.45, 2.75) is 0 Å². The van der Waals surface area contributed by atoms with Gasteiger partial charge in [0.05, 0.1) is 12.7 Å². The van der Waals surface area contributed by atoms with Crippen LogP contribution in [0, 0.1) is 11.9 Å². The van der Waals surface area contributed by atoms with Crippen LogP contribution in [-0.4, -0.2) is 13.0 Å². The maximum Gasteiger partial charge on any atom is 0.252 e. The third-order valence-corrected chi connectivity index (χ3v) is 1.36. The highest BCUT2D eigenvalue weighted by atomic mass is 19.1. The van der Waals surface area contributed by atoms with Crippen LogP contribution in [-0.2, 0) is 0 Å². The van der Waals surface area contributed by atoms with E-state index in [0.29, 0.717) is 0 Å². The van der Waals surface area contributed by atoms with Crippen molar-refractivity contribution in [2.24, 2.45) is 5.73 Å². The van der Waals surface area contributed by atoms with Gasteiger partial charge in [-0.05, 0) is 12.1 Å². The first kappa shape index (κ1) is 8.52. The molecule has 1 rings (SSSR count). The van der Waals surface area contributed by atoms with Crippen LogP contribution in [0.3, 0.4) is 0 Å². The number of ether oxygens (including phenoxy) is 1. The Labute approximate surface area is 68.9 Å². The Morgan fingerprint density at radius 1 is 1.75 bits per heavy atom. The minimum absolute atomic E-state index is 0.0220. The summed E-state index contributed by atoms with van der Waals surface area (Å²) in [6, 6.07) is 4.47. The molecule has 0 aliphatic rings. The van der Waals surface area contributed by atoms with Gasteiger partial charge in [0, 0.05) is 6.07 Å². The average molecular weight is 168 g/mol. The molecular formula is C8H7FNO2. The van der Waals surface area contributed by atoms with Gasteiger partial charge in [-0.3, -0.25) is 4.79 Å². The summed E-state index contributed by atoms with van der Waals surface area (Å²) in [7, 11) is 1.37. The van der Waals surface area contributed by atoms with Gasteiger partial charge in [-0.15, -0.1) is 0 Å². The topological polar surface area (TPSA) is 52.3 Å². The van der Waals surface area contributed by atoms with E-state index >= 15 is 0 Å². The van der Waals surface area contributed by atoms with Crippen molar-refractivity contribution in [1.29, 1.82) is 0 Å². The summed E-state index contributed by atoms with van der Waals surface area (Å²) in [5.74, 6) is -1.13. The molecule has 0 saturated carbocycles.